The third-order valence-corrected chi connectivity index (χ3v) is 14.0. The van der Waals surface area contributed by atoms with E-state index in [1.54, 1.807) is 0 Å². The van der Waals surface area contributed by atoms with Gasteiger partial charge in [-0.15, -0.1) is 0 Å². The van der Waals surface area contributed by atoms with Crippen LogP contribution in [0.1, 0.15) is 86.0 Å². The van der Waals surface area contributed by atoms with Crippen LogP contribution in [0, 0.1) is 40.4 Å². The minimum absolute atomic E-state index is 0.0996. The van der Waals surface area contributed by atoms with Gasteiger partial charge in [0.1, 0.15) is 36.6 Å². The predicted molar refractivity (Wildman–Crippen MR) is 178 cm³/mol. The fourth-order valence-electron chi connectivity index (χ4n) is 11.3. The van der Waals surface area contributed by atoms with Crippen molar-refractivity contribution in [3.05, 3.63) is 11.6 Å². The van der Waals surface area contributed by atoms with E-state index >= 15 is 0 Å². The van der Waals surface area contributed by atoms with Crippen molar-refractivity contribution in [3.8, 4) is 0 Å². The topological polar surface area (TPSA) is 219 Å². The maximum absolute atomic E-state index is 12.7. The number of hydrogen-bond donors (Lipinski definition) is 9. The second-order valence-corrected chi connectivity index (χ2v) is 17.4. The van der Waals surface area contributed by atoms with Gasteiger partial charge in [0, 0.05) is 12.3 Å². The van der Waals surface area contributed by atoms with Gasteiger partial charge in [0.05, 0.1) is 43.2 Å². The normalized spacial score (nSPS) is 52.1. The Hall–Kier alpha value is -0.780. The lowest BCUT2D eigenvalue weighted by Gasteiger charge is -2.64. The van der Waals surface area contributed by atoms with Gasteiger partial charge in [0.15, 0.2) is 12.6 Å². The van der Waals surface area contributed by atoms with Crippen LogP contribution in [-0.2, 0) is 18.9 Å². The highest BCUT2D eigenvalue weighted by atomic mass is 16.7. The third kappa shape index (κ3) is 6.64. The Morgan fingerprint density at radius 1 is 0.800 bits per heavy atom. The zero-order chi connectivity index (χ0) is 36.5. The summed E-state index contributed by atoms with van der Waals surface area (Å²) in [5.41, 5.74) is -1.38. The number of hydrogen-bond acceptors (Lipinski definition) is 13. The Balaban J connectivity index is 1.14. The van der Waals surface area contributed by atoms with Crippen molar-refractivity contribution in [2.24, 2.45) is 40.4 Å². The highest BCUT2D eigenvalue weighted by Crippen LogP contribution is 2.69. The number of rotatable bonds is 9. The second kappa shape index (κ2) is 14.5. The molecule has 2 aliphatic heterocycles. The molecule has 0 aromatic carbocycles. The number of aliphatic hydroxyl groups is 9. The zero-order valence-electron chi connectivity index (χ0n) is 30.1. The molecule has 5 fully saturated rings. The quantitative estimate of drug-likeness (QED) is 0.147. The van der Waals surface area contributed by atoms with Crippen LogP contribution in [0.5, 0.6) is 0 Å². The maximum Gasteiger partial charge on any atom is 0.186 e. The maximum atomic E-state index is 12.7. The van der Waals surface area contributed by atoms with E-state index < -0.39 is 84.4 Å². The van der Waals surface area contributed by atoms with Gasteiger partial charge >= 0.3 is 0 Å². The number of fused-ring (bicyclic) bond motifs is 5. The van der Waals surface area contributed by atoms with Crippen molar-refractivity contribution in [3.63, 3.8) is 0 Å². The molecule has 0 aromatic rings. The molecule has 6 aliphatic rings. The largest absolute Gasteiger partial charge is 0.393 e. The van der Waals surface area contributed by atoms with E-state index in [0.29, 0.717) is 25.7 Å². The van der Waals surface area contributed by atoms with Gasteiger partial charge in [-0.3, -0.25) is 0 Å². The lowest BCUT2D eigenvalue weighted by atomic mass is 9.43. The molecule has 0 spiro atoms. The van der Waals surface area contributed by atoms with Crippen LogP contribution in [-0.4, -0.2) is 138 Å². The Morgan fingerprint density at radius 3 is 2.06 bits per heavy atom. The smallest absolute Gasteiger partial charge is 0.186 e. The van der Waals surface area contributed by atoms with Gasteiger partial charge in [0.2, 0.25) is 0 Å². The monoisotopic (exact) mass is 714 g/mol. The van der Waals surface area contributed by atoms with Crippen LogP contribution < -0.4 is 0 Å². The molecule has 9 N–H and O–H groups in total. The summed E-state index contributed by atoms with van der Waals surface area (Å²) in [7, 11) is 0. The minimum Gasteiger partial charge on any atom is -0.393 e. The van der Waals surface area contributed by atoms with Crippen molar-refractivity contribution in [2.75, 3.05) is 13.2 Å². The molecule has 6 rings (SSSR count). The van der Waals surface area contributed by atoms with Crippen LogP contribution in [0.3, 0.4) is 0 Å². The van der Waals surface area contributed by atoms with Crippen LogP contribution in [0.4, 0.5) is 0 Å². The minimum atomic E-state index is -1.41. The second-order valence-electron chi connectivity index (χ2n) is 17.4. The van der Waals surface area contributed by atoms with E-state index in [1.807, 2.05) is 19.9 Å². The predicted octanol–water partition coefficient (Wildman–Crippen LogP) is 0.343. The summed E-state index contributed by atoms with van der Waals surface area (Å²) in [6.07, 6.45) is -5.73. The molecular weight excluding hydrogens is 652 g/mol. The fraction of sp³-hybridized carbons (Fsp3) is 0.946. The average molecular weight is 715 g/mol. The molecule has 19 atom stereocenters. The molecule has 0 aromatic heterocycles. The summed E-state index contributed by atoms with van der Waals surface area (Å²) in [6, 6.07) is 0. The lowest BCUT2D eigenvalue weighted by molar-refractivity contribution is -0.287. The van der Waals surface area contributed by atoms with E-state index in [1.165, 1.54) is 0 Å². The summed E-state index contributed by atoms with van der Waals surface area (Å²) in [6.45, 7) is 10.3. The van der Waals surface area contributed by atoms with Crippen molar-refractivity contribution >= 4 is 0 Å². The molecule has 3 saturated carbocycles. The van der Waals surface area contributed by atoms with Crippen molar-refractivity contribution < 1.29 is 64.9 Å². The van der Waals surface area contributed by atoms with Crippen molar-refractivity contribution in [1.82, 2.24) is 0 Å². The van der Waals surface area contributed by atoms with E-state index in [4.69, 9.17) is 18.9 Å². The molecule has 0 bridgehead atoms. The van der Waals surface area contributed by atoms with Crippen LogP contribution in [0.15, 0.2) is 11.6 Å². The molecule has 288 valence electrons. The fourth-order valence-corrected chi connectivity index (χ4v) is 11.3. The highest BCUT2D eigenvalue weighted by Gasteiger charge is 2.70. The van der Waals surface area contributed by atoms with E-state index in [9.17, 15) is 46.0 Å². The molecule has 13 heteroatoms. The first-order chi connectivity index (χ1) is 23.4. The highest BCUT2D eigenvalue weighted by molar-refractivity contribution is 5.33. The third-order valence-electron chi connectivity index (χ3n) is 14.0. The Labute approximate surface area is 295 Å². The van der Waals surface area contributed by atoms with Gasteiger partial charge in [-0.1, -0.05) is 40.7 Å². The Bertz CT molecular complexity index is 1220. The number of ether oxygens (including phenoxy) is 4. The lowest BCUT2D eigenvalue weighted by Crippen LogP contribution is -2.66. The first-order valence-electron chi connectivity index (χ1n) is 18.9. The number of aliphatic hydroxyl groups excluding tert-OH is 8. The van der Waals surface area contributed by atoms with Crippen LogP contribution in [0.2, 0.25) is 0 Å². The van der Waals surface area contributed by atoms with Gasteiger partial charge in [-0.2, -0.15) is 0 Å². The standard InChI is InChI=1S/C37H62O13/c1-17(2)26(50-34-31(45)29(43)25(41)16-48-34)7-6-18(3)20-13-22(38)32-36(20,5)11-9-27-35(4)10-8-19(12-21(35)23(39)14-37(27,32)46)49-33-30(44)28(42)24(40)15-47-33/h12,17-20,22-34,38-46H,6-11,13-16H2,1-5H3/t18-,19+,20-,22+,23-,24-,25-,26+,27-,28+,29+,30-,31-,32-,33+,34+,35+,36-,37?/m1/s1. The summed E-state index contributed by atoms with van der Waals surface area (Å²) in [4.78, 5) is 0. The van der Waals surface area contributed by atoms with Crippen LogP contribution in [0.25, 0.3) is 0 Å². The SMILES string of the molecule is CC(C)[C@H](CC[C@@H](C)[C@H]1C[C@H](O)[C@H]2C3(O)C[C@@H](O)C4=C[C@@H](O[C@@H]5OC[C@@H](O)[C@H](O)[C@H]5O)CC[C@]4(C)[C@H]3CC[C@]12C)O[C@@H]1OC[C@@H](O)[C@H](O)[C@H]1O. The molecule has 0 radical (unpaired) electrons. The van der Waals surface area contributed by atoms with Gasteiger partial charge in [-0.05, 0) is 85.0 Å². The first-order valence-corrected chi connectivity index (χ1v) is 18.9. The summed E-state index contributed by atoms with van der Waals surface area (Å²) in [5.74, 6) is -0.204. The molecule has 4 aliphatic carbocycles. The summed E-state index contributed by atoms with van der Waals surface area (Å²) >= 11 is 0. The molecule has 2 heterocycles. The van der Waals surface area contributed by atoms with E-state index in [0.717, 1.165) is 24.8 Å². The van der Waals surface area contributed by atoms with Crippen molar-refractivity contribution in [2.45, 2.75) is 165 Å². The molecular formula is C37H62O13. The Kier molecular flexibility index (Phi) is 11.3. The van der Waals surface area contributed by atoms with Crippen molar-refractivity contribution in [1.29, 1.82) is 0 Å². The van der Waals surface area contributed by atoms with Gasteiger partial charge in [0.25, 0.3) is 0 Å². The molecule has 0 amide bonds. The zero-order valence-corrected chi connectivity index (χ0v) is 30.1. The van der Waals surface area contributed by atoms with Gasteiger partial charge < -0.3 is 64.9 Å². The first kappa shape index (κ1) is 38.9. The summed E-state index contributed by atoms with van der Waals surface area (Å²) in [5, 5.41) is 96.9. The Morgan fingerprint density at radius 2 is 1.42 bits per heavy atom. The molecule has 1 unspecified atom stereocenters. The molecule has 13 nitrogen and oxygen atoms in total. The summed E-state index contributed by atoms with van der Waals surface area (Å²) < 4.78 is 23.2. The van der Waals surface area contributed by atoms with Crippen LogP contribution >= 0.6 is 0 Å². The van der Waals surface area contributed by atoms with E-state index in [-0.39, 0.29) is 54.8 Å². The van der Waals surface area contributed by atoms with E-state index in [2.05, 4.69) is 20.8 Å². The van der Waals surface area contributed by atoms with Gasteiger partial charge in [-0.25, -0.2) is 0 Å². The molecule has 2 saturated heterocycles. The average Bonchev–Trinajstić information content (AvgIpc) is 3.34. The molecule has 50 heavy (non-hydrogen) atoms.